The van der Waals surface area contributed by atoms with Crippen LogP contribution in [-0.2, 0) is 18.3 Å². The average molecular weight is 462 g/mol. The van der Waals surface area contributed by atoms with Gasteiger partial charge < -0.3 is 9.64 Å². The van der Waals surface area contributed by atoms with Gasteiger partial charge in [0.15, 0.2) is 0 Å². The summed E-state index contributed by atoms with van der Waals surface area (Å²) in [5.74, 6) is 1.06. The Bertz CT molecular complexity index is 1060. The lowest BCUT2D eigenvalue weighted by atomic mass is 9.91. The van der Waals surface area contributed by atoms with Crippen LogP contribution in [0, 0.1) is 20.8 Å². The van der Waals surface area contributed by atoms with E-state index in [1.165, 1.54) is 38.7 Å². The molecule has 0 spiro atoms. The molecule has 3 rings (SSSR count). The van der Waals surface area contributed by atoms with Gasteiger partial charge in [-0.3, -0.25) is 0 Å². The van der Waals surface area contributed by atoms with E-state index in [2.05, 4.69) is 114 Å². The van der Waals surface area contributed by atoms with E-state index in [1.54, 1.807) is 0 Å². The van der Waals surface area contributed by atoms with E-state index >= 15 is 0 Å². The van der Waals surface area contributed by atoms with Gasteiger partial charge in [0.1, 0.15) is 12.4 Å². The highest BCUT2D eigenvalue weighted by Crippen LogP contribution is 2.49. The number of hydrogen-bond donors (Lipinski definition) is 0. The third-order valence-electron chi connectivity index (χ3n) is 6.15. The molecule has 0 amide bonds. The summed E-state index contributed by atoms with van der Waals surface area (Å²) in [6.07, 6.45) is 2.27. The van der Waals surface area contributed by atoms with Crippen molar-refractivity contribution >= 4 is 13.9 Å². The van der Waals surface area contributed by atoms with Crippen LogP contribution in [0.5, 0.6) is 5.75 Å². The Balaban J connectivity index is 2.03. The highest BCUT2D eigenvalue weighted by molar-refractivity contribution is 7.48. The van der Waals surface area contributed by atoms with Gasteiger partial charge in [-0.2, -0.15) is 0 Å². The molecule has 2 unspecified atom stereocenters. The summed E-state index contributed by atoms with van der Waals surface area (Å²) in [4.78, 5) is 2.27. The summed E-state index contributed by atoms with van der Waals surface area (Å²) in [5, 5.41) is 1.49. The summed E-state index contributed by atoms with van der Waals surface area (Å²) in [7, 11) is 4.99. The lowest BCUT2D eigenvalue weighted by molar-refractivity contribution is 0.297. The zero-order valence-electron chi connectivity index (χ0n) is 21.5. The van der Waals surface area contributed by atoms with Crippen molar-refractivity contribution in [2.45, 2.75) is 65.8 Å². The summed E-state index contributed by atoms with van der Waals surface area (Å²) in [5.41, 5.74) is 7.86. The fourth-order valence-electron chi connectivity index (χ4n) is 4.66. The van der Waals surface area contributed by atoms with Crippen molar-refractivity contribution in [2.24, 2.45) is 0 Å². The topological polar surface area (TPSA) is 12.5 Å². The number of benzene rings is 3. The molecule has 33 heavy (non-hydrogen) atoms. The molecule has 0 saturated carbocycles. The van der Waals surface area contributed by atoms with Gasteiger partial charge in [0.2, 0.25) is 0 Å². The van der Waals surface area contributed by atoms with Crippen LogP contribution in [0.4, 0.5) is 0 Å². The Hall–Kier alpha value is -2.15. The molecule has 0 N–H and O–H groups in total. The molecule has 3 aromatic carbocycles. The summed E-state index contributed by atoms with van der Waals surface area (Å²) in [6.45, 7) is 12.9. The van der Waals surface area contributed by atoms with Crippen LogP contribution in [0.25, 0.3) is 0 Å². The fraction of sp³-hybridized carbons (Fsp3) is 0.400. The summed E-state index contributed by atoms with van der Waals surface area (Å²) < 4.78 is 6.55. The molecule has 0 fully saturated rings. The molecule has 2 atom stereocenters. The first kappa shape index (κ1) is 25.5. The van der Waals surface area contributed by atoms with Gasteiger partial charge in [0, 0.05) is 17.3 Å². The van der Waals surface area contributed by atoms with Crippen molar-refractivity contribution in [3.63, 3.8) is 0 Å². The normalized spacial score (nSPS) is 13.6. The van der Waals surface area contributed by atoms with Crippen LogP contribution in [0.15, 0.2) is 60.7 Å². The van der Waals surface area contributed by atoms with E-state index in [0.717, 1.165) is 25.1 Å². The smallest absolute Gasteiger partial charge is 0.126 e. The van der Waals surface area contributed by atoms with E-state index in [9.17, 15) is 0 Å². The monoisotopic (exact) mass is 461 g/mol. The zero-order chi connectivity index (χ0) is 24.0. The standard InChI is InChI=1S/C30H40NOP/c1-8-16-30(5,33-28-15-14-22(2)18-26(28)20-31(6)7)27-19-23(3)17-24(4)29(27)32-21-25-12-10-9-11-13-25/h9-15,17-19,33H,8,16,20-21H2,1-7H3. The minimum atomic E-state index is 0.0217. The largest absolute Gasteiger partial charge is 0.488 e. The highest BCUT2D eigenvalue weighted by atomic mass is 31.1. The van der Waals surface area contributed by atoms with Gasteiger partial charge in [-0.1, -0.05) is 101 Å². The van der Waals surface area contributed by atoms with E-state index in [0.29, 0.717) is 15.2 Å². The minimum Gasteiger partial charge on any atom is -0.488 e. The Morgan fingerprint density at radius 2 is 1.64 bits per heavy atom. The Labute approximate surface area is 203 Å². The van der Waals surface area contributed by atoms with Gasteiger partial charge in [-0.05, 0) is 63.3 Å². The van der Waals surface area contributed by atoms with Crippen molar-refractivity contribution in [3.8, 4) is 5.75 Å². The first-order valence-corrected chi connectivity index (χ1v) is 13.0. The van der Waals surface area contributed by atoms with E-state index in [-0.39, 0.29) is 5.16 Å². The second kappa shape index (κ2) is 11.3. The van der Waals surface area contributed by atoms with Crippen molar-refractivity contribution in [3.05, 3.63) is 94.0 Å². The van der Waals surface area contributed by atoms with Crippen molar-refractivity contribution < 1.29 is 4.74 Å². The van der Waals surface area contributed by atoms with E-state index in [4.69, 9.17) is 4.74 Å². The molecule has 0 radical (unpaired) electrons. The van der Waals surface area contributed by atoms with Crippen LogP contribution in [0.2, 0.25) is 0 Å². The van der Waals surface area contributed by atoms with Crippen LogP contribution in [-0.4, -0.2) is 19.0 Å². The molecule has 2 nitrogen and oxygen atoms in total. The molecule has 0 aliphatic carbocycles. The summed E-state index contributed by atoms with van der Waals surface area (Å²) >= 11 is 0. The Kier molecular flexibility index (Phi) is 8.74. The maximum absolute atomic E-state index is 6.55. The van der Waals surface area contributed by atoms with Gasteiger partial charge >= 0.3 is 0 Å². The first-order valence-electron chi connectivity index (χ1n) is 12.0. The quantitative estimate of drug-likeness (QED) is 0.294. The third-order valence-corrected chi connectivity index (χ3v) is 7.98. The summed E-state index contributed by atoms with van der Waals surface area (Å²) in [6, 6.07) is 22.1. The first-order chi connectivity index (χ1) is 15.7. The molecule has 0 aliphatic rings. The number of ether oxygens (including phenoxy) is 1. The third kappa shape index (κ3) is 6.69. The van der Waals surface area contributed by atoms with Gasteiger partial charge in [-0.15, -0.1) is 0 Å². The second-order valence-corrected chi connectivity index (χ2v) is 11.7. The van der Waals surface area contributed by atoms with E-state index in [1.807, 2.05) is 0 Å². The maximum Gasteiger partial charge on any atom is 0.126 e. The van der Waals surface area contributed by atoms with Crippen LogP contribution < -0.4 is 10.0 Å². The molecule has 0 saturated heterocycles. The number of rotatable bonds is 10. The van der Waals surface area contributed by atoms with Crippen molar-refractivity contribution in [1.82, 2.24) is 4.90 Å². The lowest BCUT2D eigenvalue weighted by Crippen LogP contribution is -2.24. The molecule has 0 aliphatic heterocycles. The SMILES string of the molecule is CCCC(C)(Pc1ccc(C)cc1CN(C)C)c1cc(C)cc(C)c1OCc1ccccc1. The predicted molar refractivity (Wildman–Crippen MR) is 145 cm³/mol. The molecule has 3 aromatic rings. The van der Waals surface area contributed by atoms with Crippen LogP contribution in [0.3, 0.4) is 0 Å². The van der Waals surface area contributed by atoms with Crippen LogP contribution >= 0.6 is 8.58 Å². The Morgan fingerprint density at radius 1 is 0.909 bits per heavy atom. The van der Waals surface area contributed by atoms with E-state index < -0.39 is 0 Å². The molecule has 0 heterocycles. The number of nitrogens with zero attached hydrogens (tertiary/aromatic N) is 1. The predicted octanol–water partition coefficient (Wildman–Crippen LogP) is 7.27. The lowest BCUT2D eigenvalue weighted by Gasteiger charge is -2.34. The van der Waals surface area contributed by atoms with Crippen molar-refractivity contribution in [1.29, 1.82) is 0 Å². The van der Waals surface area contributed by atoms with Gasteiger partial charge in [0.05, 0.1) is 0 Å². The Morgan fingerprint density at radius 3 is 2.30 bits per heavy atom. The minimum absolute atomic E-state index is 0.0217. The maximum atomic E-state index is 6.55. The molecular weight excluding hydrogens is 421 g/mol. The molecule has 0 bridgehead atoms. The molecule has 176 valence electrons. The zero-order valence-corrected chi connectivity index (χ0v) is 22.5. The van der Waals surface area contributed by atoms with Gasteiger partial charge in [-0.25, -0.2) is 0 Å². The fourth-order valence-corrected chi connectivity index (χ4v) is 6.43. The van der Waals surface area contributed by atoms with Gasteiger partial charge in [0.25, 0.3) is 0 Å². The molecular formula is C30H40NOP. The van der Waals surface area contributed by atoms with Crippen LogP contribution in [0.1, 0.15) is 60.1 Å². The highest BCUT2D eigenvalue weighted by Gasteiger charge is 2.31. The molecule has 3 heteroatoms. The number of hydrogen-bond acceptors (Lipinski definition) is 2. The number of aryl methyl sites for hydroxylation is 3. The second-order valence-electron chi connectivity index (χ2n) is 9.84. The molecule has 0 aromatic heterocycles. The average Bonchev–Trinajstić information content (AvgIpc) is 2.75. The van der Waals surface area contributed by atoms with Crippen molar-refractivity contribution in [2.75, 3.05) is 14.1 Å².